The third kappa shape index (κ3) is 4.92. The molecule has 0 amide bonds. The van der Waals surface area contributed by atoms with E-state index in [1.165, 1.54) is 5.56 Å². The van der Waals surface area contributed by atoms with Gasteiger partial charge < -0.3 is 9.80 Å². The van der Waals surface area contributed by atoms with Crippen LogP contribution in [0.2, 0.25) is 0 Å². The van der Waals surface area contributed by atoms with Crippen molar-refractivity contribution in [3.63, 3.8) is 0 Å². The second-order valence-corrected chi connectivity index (χ2v) is 7.76. The molecule has 0 radical (unpaired) electrons. The van der Waals surface area contributed by atoms with Crippen molar-refractivity contribution in [3.05, 3.63) is 89.4 Å². The molecule has 0 bridgehead atoms. The lowest BCUT2D eigenvalue weighted by atomic mass is 10.1. The number of anilines is 1. The molecule has 0 spiro atoms. The summed E-state index contributed by atoms with van der Waals surface area (Å²) in [6, 6.07) is 20.0. The van der Waals surface area contributed by atoms with Gasteiger partial charge in [0.1, 0.15) is 11.5 Å². The minimum Gasteiger partial charge on any atom is -0.355 e. The number of nitrogens with zero attached hydrogens (tertiary/aromatic N) is 4. The second-order valence-electron chi connectivity index (χ2n) is 7.76. The number of aryl methyl sites for hydroxylation is 1. The number of aromatic nitrogens is 2. The Morgan fingerprint density at radius 3 is 2.67 bits per heavy atom. The first-order valence-corrected chi connectivity index (χ1v) is 10.7. The van der Waals surface area contributed by atoms with Crippen LogP contribution >= 0.6 is 0 Å². The molecule has 1 aliphatic heterocycles. The molecule has 156 valence electrons. The van der Waals surface area contributed by atoms with Crippen LogP contribution in [0.25, 0.3) is 0 Å². The number of ketones is 1. The average Bonchev–Trinajstić information content (AvgIpc) is 3.04. The van der Waals surface area contributed by atoms with Gasteiger partial charge in [0.15, 0.2) is 0 Å². The summed E-state index contributed by atoms with van der Waals surface area (Å²) in [5, 5.41) is 0. The molecule has 1 fully saturated rings. The van der Waals surface area contributed by atoms with Gasteiger partial charge >= 0.3 is 0 Å². The van der Waals surface area contributed by atoms with Crippen molar-refractivity contribution >= 4 is 11.6 Å². The minimum absolute atomic E-state index is 0. The van der Waals surface area contributed by atoms with Crippen molar-refractivity contribution in [1.29, 1.82) is 0 Å². The van der Waals surface area contributed by atoms with Gasteiger partial charge in [0.25, 0.3) is 0 Å². The Kier molecular flexibility index (Phi) is 6.50. The molecule has 2 aromatic heterocycles. The van der Waals surface area contributed by atoms with Crippen LogP contribution in [-0.2, 0) is 6.42 Å². The molecule has 3 aromatic rings. The number of carbonyl (C=O) groups excluding carboxylic acids is 1. The van der Waals surface area contributed by atoms with Gasteiger partial charge in [-0.2, -0.15) is 0 Å². The largest absolute Gasteiger partial charge is 0.355 e. The summed E-state index contributed by atoms with van der Waals surface area (Å²) < 4.78 is 0. The summed E-state index contributed by atoms with van der Waals surface area (Å²) >= 11 is 0. The van der Waals surface area contributed by atoms with Crippen molar-refractivity contribution in [2.75, 3.05) is 37.6 Å². The second kappa shape index (κ2) is 9.63. The van der Waals surface area contributed by atoms with E-state index in [2.05, 4.69) is 45.1 Å². The topological polar surface area (TPSA) is 49.3 Å². The van der Waals surface area contributed by atoms with E-state index in [1.54, 1.807) is 18.3 Å². The van der Waals surface area contributed by atoms with Gasteiger partial charge in [0, 0.05) is 45.1 Å². The summed E-state index contributed by atoms with van der Waals surface area (Å²) in [6.45, 7) is 6.91. The van der Waals surface area contributed by atoms with Gasteiger partial charge in [-0.3, -0.25) is 9.78 Å². The third-order valence-electron chi connectivity index (χ3n) is 5.69. The highest BCUT2D eigenvalue weighted by molar-refractivity contribution is 6.08. The molecule has 30 heavy (non-hydrogen) atoms. The highest BCUT2D eigenvalue weighted by Crippen LogP contribution is 2.17. The molecule has 4 rings (SSSR count). The zero-order chi connectivity index (χ0) is 20.8. The van der Waals surface area contributed by atoms with Crippen molar-refractivity contribution in [2.45, 2.75) is 19.8 Å². The van der Waals surface area contributed by atoms with Crippen LogP contribution in [0.15, 0.2) is 66.9 Å². The Labute approximate surface area is 179 Å². The Morgan fingerprint density at radius 2 is 1.83 bits per heavy atom. The smallest absolute Gasteiger partial charge is 0.213 e. The maximum atomic E-state index is 12.9. The average molecular weight is 403 g/mol. The molecule has 3 heterocycles. The predicted molar refractivity (Wildman–Crippen MR) is 122 cm³/mol. The van der Waals surface area contributed by atoms with Crippen molar-refractivity contribution in [1.82, 2.24) is 14.9 Å². The van der Waals surface area contributed by atoms with Gasteiger partial charge in [-0.05, 0) is 56.1 Å². The quantitative estimate of drug-likeness (QED) is 0.583. The lowest BCUT2D eigenvalue weighted by Gasteiger charge is -2.23. The van der Waals surface area contributed by atoms with Crippen LogP contribution in [-0.4, -0.2) is 53.4 Å². The Bertz CT molecular complexity index is 996. The Morgan fingerprint density at radius 1 is 0.967 bits per heavy atom. The first-order valence-electron chi connectivity index (χ1n) is 10.7. The van der Waals surface area contributed by atoms with Crippen LogP contribution in [0, 0.1) is 6.92 Å². The van der Waals surface area contributed by atoms with Crippen LogP contribution < -0.4 is 4.90 Å². The SMILES string of the molecule is Cc1ncccc1C(=O)c1cccc(N2CCCN(CCc3ccccc3)CC2)n1.[HH]. The highest BCUT2D eigenvalue weighted by atomic mass is 16.1. The molecule has 1 aromatic carbocycles. The van der Waals surface area contributed by atoms with Crippen LogP contribution in [0.5, 0.6) is 0 Å². The van der Waals surface area contributed by atoms with Crippen LogP contribution in [0.1, 0.15) is 35.2 Å². The van der Waals surface area contributed by atoms with Crippen molar-refractivity contribution in [3.8, 4) is 0 Å². The summed E-state index contributed by atoms with van der Waals surface area (Å²) in [6.07, 6.45) is 3.88. The zero-order valence-electron chi connectivity index (χ0n) is 17.5. The van der Waals surface area contributed by atoms with E-state index in [-0.39, 0.29) is 7.21 Å². The predicted octanol–water partition coefficient (Wildman–Crippen LogP) is 4.02. The number of pyridine rings is 2. The van der Waals surface area contributed by atoms with Gasteiger partial charge in [0.2, 0.25) is 5.78 Å². The van der Waals surface area contributed by atoms with Gasteiger partial charge in [-0.25, -0.2) is 4.98 Å². The molecule has 0 aliphatic carbocycles. The molecule has 0 unspecified atom stereocenters. The fraction of sp³-hybridized carbons (Fsp3) is 0.320. The third-order valence-corrected chi connectivity index (χ3v) is 5.69. The fourth-order valence-electron chi connectivity index (χ4n) is 3.94. The number of hydrogen-bond acceptors (Lipinski definition) is 5. The molecular weight excluding hydrogens is 372 g/mol. The lowest BCUT2D eigenvalue weighted by Crippen LogP contribution is -2.32. The molecule has 5 heteroatoms. The standard InChI is InChI=1S/C25H28N4O.H2/c1-20-22(10-6-14-26-20)25(30)23-11-5-12-24(27-23)29-16-7-15-28(18-19-29)17-13-21-8-3-2-4-9-21;/h2-6,8-12,14H,7,13,15-19H2,1H3;1H. The molecule has 1 saturated heterocycles. The van der Waals surface area contributed by atoms with E-state index in [1.807, 2.05) is 25.1 Å². The Hall–Kier alpha value is -3.05. The van der Waals surface area contributed by atoms with Crippen molar-refractivity contribution < 1.29 is 6.22 Å². The van der Waals surface area contributed by atoms with E-state index in [0.717, 1.165) is 57.1 Å². The summed E-state index contributed by atoms with van der Waals surface area (Å²) in [5.74, 6) is 0.814. The van der Waals surface area contributed by atoms with Gasteiger partial charge in [0.05, 0.1) is 0 Å². The summed E-state index contributed by atoms with van der Waals surface area (Å²) in [7, 11) is 0. The van der Waals surface area contributed by atoms with Crippen LogP contribution in [0.4, 0.5) is 5.82 Å². The fourth-order valence-corrected chi connectivity index (χ4v) is 3.94. The zero-order valence-corrected chi connectivity index (χ0v) is 17.5. The monoisotopic (exact) mass is 402 g/mol. The highest BCUT2D eigenvalue weighted by Gasteiger charge is 2.18. The number of carbonyl (C=O) groups is 1. The molecular formula is C25H30N4O. The number of hydrogen-bond donors (Lipinski definition) is 0. The molecule has 5 nitrogen and oxygen atoms in total. The van der Waals surface area contributed by atoms with E-state index in [0.29, 0.717) is 11.3 Å². The molecule has 0 atom stereocenters. The first kappa shape index (κ1) is 20.2. The molecule has 0 saturated carbocycles. The number of benzene rings is 1. The van der Waals surface area contributed by atoms with E-state index in [9.17, 15) is 4.79 Å². The number of rotatable bonds is 6. The molecule has 1 aliphatic rings. The Balaban J connectivity index is 0.00000272. The summed E-state index contributed by atoms with van der Waals surface area (Å²) in [5.41, 5.74) is 3.22. The van der Waals surface area contributed by atoms with E-state index < -0.39 is 0 Å². The van der Waals surface area contributed by atoms with E-state index in [4.69, 9.17) is 4.98 Å². The first-order chi connectivity index (χ1) is 14.7. The maximum absolute atomic E-state index is 12.9. The van der Waals surface area contributed by atoms with Gasteiger partial charge in [-0.1, -0.05) is 36.4 Å². The van der Waals surface area contributed by atoms with Gasteiger partial charge in [-0.15, -0.1) is 0 Å². The molecule has 0 N–H and O–H groups in total. The normalized spacial score (nSPS) is 15.0. The minimum atomic E-state index is -0.0678. The van der Waals surface area contributed by atoms with E-state index >= 15 is 0 Å². The van der Waals surface area contributed by atoms with Crippen molar-refractivity contribution in [2.24, 2.45) is 0 Å². The maximum Gasteiger partial charge on any atom is 0.213 e. The van der Waals surface area contributed by atoms with Crippen LogP contribution in [0.3, 0.4) is 0 Å². The summed E-state index contributed by atoms with van der Waals surface area (Å²) in [4.78, 5) is 26.7. The lowest BCUT2D eigenvalue weighted by molar-refractivity contribution is 0.103.